The summed E-state index contributed by atoms with van der Waals surface area (Å²) >= 11 is 3.86. The van der Waals surface area contributed by atoms with Gasteiger partial charge in [-0.3, -0.25) is 4.79 Å². The molecule has 0 aromatic carbocycles. The molecule has 0 aliphatic carbocycles. The van der Waals surface area contributed by atoms with E-state index in [1.165, 1.54) is 0 Å². The SMILES string of the molecule is C=C/C=C(\C=O)NCS. The third-order valence-electron chi connectivity index (χ3n) is 0.708. The van der Waals surface area contributed by atoms with Gasteiger partial charge in [-0.05, 0) is 6.08 Å². The molecule has 0 atom stereocenters. The molecule has 0 bridgehead atoms. The maximum atomic E-state index is 10.1. The van der Waals surface area contributed by atoms with Crippen molar-refractivity contribution in [3.05, 3.63) is 24.4 Å². The summed E-state index contributed by atoms with van der Waals surface area (Å²) in [5.74, 6) is 0.457. The van der Waals surface area contributed by atoms with Crippen molar-refractivity contribution in [1.82, 2.24) is 5.32 Å². The molecule has 1 N–H and O–H groups in total. The Kier molecular flexibility index (Phi) is 5.01. The van der Waals surface area contributed by atoms with Crippen molar-refractivity contribution >= 4 is 18.9 Å². The molecule has 0 saturated carbocycles. The minimum atomic E-state index is 0.457. The topological polar surface area (TPSA) is 29.1 Å². The largest absolute Gasteiger partial charge is 0.374 e. The number of aldehydes is 1. The summed E-state index contributed by atoms with van der Waals surface area (Å²) in [5.41, 5.74) is 0.500. The van der Waals surface area contributed by atoms with Gasteiger partial charge in [0.25, 0.3) is 0 Å². The van der Waals surface area contributed by atoms with Gasteiger partial charge in [0.05, 0.1) is 11.6 Å². The minimum Gasteiger partial charge on any atom is -0.374 e. The smallest absolute Gasteiger partial charge is 0.165 e. The van der Waals surface area contributed by atoms with Crippen molar-refractivity contribution in [2.75, 3.05) is 5.88 Å². The number of allylic oxidation sites excluding steroid dienone is 3. The number of hydrogen-bond donors (Lipinski definition) is 2. The van der Waals surface area contributed by atoms with E-state index < -0.39 is 0 Å². The lowest BCUT2D eigenvalue weighted by atomic mass is 10.4. The molecule has 0 aromatic heterocycles. The van der Waals surface area contributed by atoms with Gasteiger partial charge in [-0.15, -0.1) is 0 Å². The summed E-state index contributed by atoms with van der Waals surface area (Å²) in [6, 6.07) is 0. The highest BCUT2D eigenvalue weighted by atomic mass is 32.1. The van der Waals surface area contributed by atoms with Crippen LogP contribution in [-0.4, -0.2) is 12.2 Å². The van der Waals surface area contributed by atoms with Crippen LogP contribution < -0.4 is 5.32 Å². The maximum absolute atomic E-state index is 10.1. The van der Waals surface area contributed by atoms with E-state index in [9.17, 15) is 4.79 Å². The average molecular weight is 143 g/mol. The van der Waals surface area contributed by atoms with Gasteiger partial charge < -0.3 is 5.32 Å². The zero-order valence-corrected chi connectivity index (χ0v) is 5.90. The fourth-order valence-electron chi connectivity index (χ4n) is 0.358. The first-order valence-corrected chi connectivity index (χ1v) is 3.11. The van der Waals surface area contributed by atoms with E-state index in [1.807, 2.05) is 0 Å². The Morgan fingerprint density at radius 3 is 2.78 bits per heavy atom. The molecule has 0 unspecified atom stereocenters. The van der Waals surface area contributed by atoms with Gasteiger partial charge in [-0.1, -0.05) is 12.7 Å². The number of hydrogen-bond acceptors (Lipinski definition) is 3. The highest BCUT2D eigenvalue weighted by Crippen LogP contribution is 1.83. The van der Waals surface area contributed by atoms with Gasteiger partial charge >= 0.3 is 0 Å². The van der Waals surface area contributed by atoms with Crippen LogP contribution in [0.2, 0.25) is 0 Å². The van der Waals surface area contributed by atoms with Gasteiger partial charge in [0, 0.05) is 0 Å². The molecule has 9 heavy (non-hydrogen) atoms. The minimum absolute atomic E-state index is 0.457. The molecule has 0 amide bonds. The normalized spacial score (nSPS) is 10.6. The zero-order valence-electron chi connectivity index (χ0n) is 5.00. The van der Waals surface area contributed by atoms with Gasteiger partial charge in [0.2, 0.25) is 0 Å². The van der Waals surface area contributed by atoms with Crippen LogP contribution in [0.15, 0.2) is 24.4 Å². The molecule has 0 spiro atoms. The van der Waals surface area contributed by atoms with Gasteiger partial charge in [0.1, 0.15) is 0 Å². The zero-order chi connectivity index (χ0) is 7.11. The maximum Gasteiger partial charge on any atom is 0.165 e. The van der Waals surface area contributed by atoms with Crippen LogP contribution in [0, 0.1) is 0 Å². The summed E-state index contributed by atoms with van der Waals surface area (Å²) < 4.78 is 0. The molecule has 2 nitrogen and oxygen atoms in total. The number of carbonyl (C=O) groups is 1. The molecule has 0 aromatic rings. The second-order valence-electron chi connectivity index (χ2n) is 1.31. The Bertz CT molecular complexity index is 131. The molecule has 0 aliphatic rings. The van der Waals surface area contributed by atoms with E-state index in [0.29, 0.717) is 11.6 Å². The third-order valence-corrected chi connectivity index (χ3v) is 0.866. The first-order chi connectivity index (χ1) is 4.35. The Labute approximate surface area is 60.1 Å². The Balaban J connectivity index is 3.80. The standard InChI is InChI=1S/C6H9NOS/c1-2-3-6(4-8)7-5-9/h2-4,7,9H,1,5H2/b6-3+. The summed E-state index contributed by atoms with van der Waals surface area (Å²) in [7, 11) is 0. The first kappa shape index (κ1) is 8.30. The third kappa shape index (κ3) is 3.85. The number of thiol groups is 1. The van der Waals surface area contributed by atoms with Gasteiger partial charge in [-0.25, -0.2) is 0 Å². The van der Waals surface area contributed by atoms with E-state index in [2.05, 4.69) is 24.5 Å². The monoisotopic (exact) mass is 143 g/mol. The molecule has 0 fully saturated rings. The predicted molar refractivity (Wildman–Crippen MR) is 41.3 cm³/mol. The lowest BCUT2D eigenvalue weighted by Crippen LogP contribution is -2.10. The summed E-state index contributed by atoms with van der Waals surface area (Å²) in [6.07, 6.45) is 3.85. The molecule has 0 heterocycles. The first-order valence-electron chi connectivity index (χ1n) is 2.47. The van der Waals surface area contributed by atoms with E-state index >= 15 is 0 Å². The van der Waals surface area contributed by atoms with E-state index in [0.717, 1.165) is 6.29 Å². The average Bonchev–Trinajstić information content (AvgIpc) is 1.88. The molecule has 0 rings (SSSR count). The van der Waals surface area contributed by atoms with Crippen LogP contribution in [0.5, 0.6) is 0 Å². The molecular weight excluding hydrogens is 134 g/mol. The van der Waals surface area contributed by atoms with Gasteiger partial charge in [0.15, 0.2) is 6.29 Å². The van der Waals surface area contributed by atoms with Crippen LogP contribution in [-0.2, 0) is 4.79 Å². The van der Waals surface area contributed by atoms with Crippen molar-refractivity contribution < 1.29 is 4.79 Å². The van der Waals surface area contributed by atoms with Crippen molar-refractivity contribution in [1.29, 1.82) is 0 Å². The fourth-order valence-corrected chi connectivity index (χ4v) is 0.541. The van der Waals surface area contributed by atoms with Crippen LogP contribution in [0.3, 0.4) is 0 Å². The number of nitrogens with one attached hydrogen (secondary N) is 1. The predicted octanol–water partition coefficient (Wildman–Crippen LogP) is 0.732. The Hall–Kier alpha value is -0.700. The summed E-state index contributed by atoms with van der Waals surface area (Å²) in [6.45, 7) is 3.43. The van der Waals surface area contributed by atoms with Crippen LogP contribution in [0.1, 0.15) is 0 Å². The molecule has 0 aliphatic heterocycles. The lowest BCUT2D eigenvalue weighted by Gasteiger charge is -1.96. The van der Waals surface area contributed by atoms with E-state index in [1.54, 1.807) is 12.2 Å². The molecular formula is C6H9NOS. The molecule has 3 heteroatoms. The second-order valence-corrected chi connectivity index (χ2v) is 1.63. The quantitative estimate of drug-likeness (QED) is 0.200. The van der Waals surface area contributed by atoms with Crippen molar-refractivity contribution in [3.63, 3.8) is 0 Å². The highest BCUT2D eigenvalue weighted by Gasteiger charge is 1.85. The molecule has 0 radical (unpaired) electrons. The Morgan fingerprint density at radius 1 is 1.78 bits per heavy atom. The lowest BCUT2D eigenvalue weighted by molar-refractivity contribution is -0.105. The van der Waals surface area contributed by atoms with Crippen LogP contribution in [0.25, 0.3) is 0 Å². The van der Waals surface area contributed by atoms with Crippen molar-refractivity contribution in [2.45, 2.75) is 0 Å². The van der Waals surface area contributed by atoms with Crippen molar-refractivity contribution in [2.24, 2.45) is 0 Å². The molecule has 50 valence electrons. The highest BCUT2D eigenvalue weighted by molar-refractivity contribution is 7.80. The fraction of sp³-hybridized carbons (Fsp3) is 0.167. The van der Waals surface area contributed by atoms with Crippen molar-refractivity contribution in [3.8, 4) is 0 Å². The molecule has 0 saturated heterocycles. The number of carbonyl (C=O) groups excluding carboxylic acids is 1. The second kappa shape index (κ2) is 5.44. The Morgan fingerprint density at radius 2 is 2.44 bits per heavy atom. The summed E-state index contributed by atoms with van der Waals surface area (Å²) in [4.78, 5) is 10.1. The number of rotatable bonds is 4. The van der Waals surface area contributed by atoms with Gasteiger partial charge in [-0.2, -0.15) is 12.6 Å². The van der Waals surface area contributed by atoms with Crippen LogP contribution >= 0.6 is 12.6 Å². The van der Waals surface area contributed by atoms with E-state index in [4.69, 9.17) is 0 Å². The van der Waals surface area contributed by atoms with Crippen LogP contribution in [0.4, 0.5) is 0 Å². The summed E-state index contributed by atoms with van der Waals surface area (Å²) in [5, 5.41) is 2.72. The van der Waals surface area contributed by atoms with E-state index in [-0.39, 0.29) is 0 Å².